The standard InChI is InChI=1S/C22H19N5OS/c1-16-4-2-5-18(24-16)7-8-19-15-29-22(25-19)26-21(28)20-6-3-13-27(20)14-17-9-11-23-12-10-17/h2-13,15H,14H2,1H3,(H,25,26,28)/b8-7-. The van der Waals surface area contributed by atoms with Gasteiger partial charge in [-0.1, -0.05) is 6.07 Å². The molecule has 7 heteroatoms. The first kappa shape index (κ1) is 18.8. The molecule has 0 aliphatic rings. The molecule has 6 nitrogen and oxygen atoms in total. The van der Waals surface area contributed by atoms with Gasteiger partial charge in [0.1, 0.15) is 5.69 Å². The number of nitrogens with zero attached hydrogens (tertiary/aromatic N) is 4. The smallest absolute Gasteiger partial charge is 0.274 e. The van der Waals surface area contributed by atoms with Crippen molar-refractivity contribution in [2.24, 2.45) is 0 Å². The molecule has 4 aromatic rings. The molecular formula is C22H19N5OS. The van der Waals surface area contributed by atoms with E-state index in [9.17, 15) is 4.79 Å². The Hall–Kier alpha value is -3.58. The lowest BCUT2D eigenvalue weighted by Gasteiger charge is -2.08. The number of aromatic nitrogens is 4. The van der Waals surface area contributed by atoms with Crippen molar-refractivity contribution in [3.05, 3.63) is 94.8 Å². The molecule has 144 valence electrons. The minimum atomic E-state index is -0.186. The van der Waals surface area contributed by atoms with Gasteiger partial charge in [-0.25, -0.2) is 4.98 Å². The SMILES string of the molecule is Cc1cccc(/C=C\c2csc(NC(=O)c3cccn3Cc3ccncc3)n2)n1. The molecule has 4 rings (SSSR count). The number of hydrogen-bond donors (Lipinski definition) is 1. The van der Waals surface area contributed by atoms with Gasteiger partial charge in [0.15, 0.2) is 5.13 Å². The third-order valence-corrected chi connectivity index (χ3v) is 5.02. The molecule has 0 aliphatic carbocycles. The van der Waals surface area contributed by atoms with Gasteiger partial charge in [-0.2, -0.15) is 0 Å². The lowest BCUT2D eigenvalue weighted by Crippen LogP contribution is -2.17. The van der Waals surface area contributed by atoms with Crippen LogP contribution in [-0.4, -0.2) is 25.4 Å². The van der Waals surface area contributed by atoms with Gasteiger partial charge < -0.3 is 4.57 Å². The summed E-state index contributed by atoms with van der Waals surface area (Å²) in [5.74, 6) is -0.186. The molecule has 4 aromatic heterocycles. The first-order valence-electron chi connectivity index (χ1n) is 9.10. The van der Waals surface area contributed by atoms with E-state index < -0.39 is 0 Å². The summed E-state index contributed by atoms with van der Waals surface area (Å²) in [5, 5.41) is 5.34. The predicted octanol–water partition coefficient (Wildman–Crippen LogP) is 4.51. The van der Waals surface area contributed by atoms with Crippen LogP contribution in [0.1, 0.15) is 33.1 Å². The van der Waals surface area contributed by atoms with Crippen molar-refractivity contribution in [3.8, 4) is 0 Å². The Morgan fingerprint density at radius 2 is 1.90 bits per heavy atom. The second-order valence-electron chi connectivity index (χ2n) is 6.45. The Morgan fingerprint density at radius 3 is 2.72 bits per heavy atom. The second-order valence-corrected chi connectivity index (χ2v) is 7.30. The van der Waals surface area contributed by atoms with Crippen LogP contribution >= 0.6 is 11.3 Å². The molecule has 1 amide bonds. The van der Waals surface area contributed by atoms with Crippen molar-refractivity contribution in [1.82, 2.24) is 19.5 Å². The van der Waals surface area contributed by atoms with E-state index in [4.69, 9.17) is 0 Å². The predicted molar refractivity (Wildman–Crippen MR) is 116 cm³/mol. The van der Waals surface area contributed by atoms with E-state index >= 15 is 0 Å². The number of anilines is 1. The van der Waals surface area contributed by atoms with E-state index in [1.807, 2.05) is 71.6 Å². The highest BCUT2D eigenvalue weighted by atomic mass is 32.1. The topological polar surface area (TPSA) is 72.7 Å². The summed E-state index contributed by atoms with van der Waals surface area (Å²) in [6, 6.07) is 13.4. The number of rotatable bonds is 6. The number of pyridine rings is 2. The van der Waals surface area contributed by atoms with E-state index in [0.717, 1.165) is 22.6 Å². The minimum absolute atomic E-state index is 0.186. The number of hydrogen-bond acceptors (Lipinski definition) is 5. The van der Waals surface area contributed by atoms with Crippen molar-refractivity contribution in [3.63, 3.8) is 0 Å². The quantitative estimate of drug-likeness (QED) is 0.516. The maximum atomic E-state index is 12.7. The fourth-order valence-corrected chi connectivity index (χ4v) is 3.53. The molecule has 0 fully saturated rings. The highest BCUT2D eigenvalue weighted by Gasteiger charge is 2.13. The number of thiazole rings is 1. The number of carbonyl (C=O) groups excluding carboxylic acids is 1. The third kappa shape index (κ3) is 4.83. The van der Waals surface area contributed by atoms with Crippen molar-refractivity contribution in [2.45, 2.75) is 13.5 Å². The van der Waals surface area contributed by atoms with Crippen molar-refractivity contribution >= 4 is 34.5 Å². The van der Waals surface area contributed by atoms with Gasteiger partial charge in [-0.15, -0.1) is 11.3 Å². The molecule has 0 saturated heterocycles. The fourth-order valence-electron chi connectivity index (χ4n) is 2.85. The first-order chi connectivity index (χ1) is 14.2. The largest absolute Gasteiger partial charge is 0.339 e. The zero-order chi connectivity index (χ0) is 20.1. The van der Waals surface area contributed by atoms with Crippen LogP contribution in [-0.2, 0) is 6.54 Å². The number of carbonyl (C=O) groups is 1. The molecule has 4 heterocycles. The van der Waals surface area contributed by atoms with Crippen LogP contribution in [0.5, 0.6) is 0 Å². The van der Waals surface area contributed by atoms with E-state index in [-0.39, 0.29) is 5.91 Å². The molecule has 0 unspecified atom stereocenters. The molecule has 0 atom stereocenters. The Labute approximate surface area is 172 Å². The molecular weight excluding hydrogens is 382 g/mol. The molecule has 29 heavy (non-hydrogen) atoms. The van der Waals surface area contributed by atoms with Crippen LogP contribution in [0.4, 0.5) is 5.13 Å². The van der Waals surface area contributed by atoms with E-state index in [1.54, 1.807) is 18.5 Å². The maximum absolute atomic E-state index is 12.7. The van der Waals surface area contributed by atoms with Crippen LogP contribution in [0.25, 0.3) is 12.2 Å². The number of aryl methyl sites for hydroxylation is 1. The number of nitrogens with one attached hydrogen (secondary N) is 1. The van der Waals surface area contributed by atoms with Crippen molar-refractivity contribution < 1.29 is 4.79 Å². The molecule has 0 saturated carbocycles. The highest BCUT2D eigenvalue weighted by Crippen LogP contribution is 2.19. The summed E-state index contributed by atoms with van der Waals surface area (Å²) in [7, 11) is 0. The summed E-state index contributed by atoms with van der Waals surface area (Å²) in [6.45, 7) is 2.56. The molecule has 0 radical (unpaired) electrons. The summed E-state index contributed by atoms with van der Waals surface area (Å²) in [6.07, 6.45) is 9.18. The highest BCUT2D eigenvalue weighted by molar-refractivity contribution is 7.14. The summed E-state index contributed by atoms with van der Waals surface area (Å²) >= 11 is 1.39. The molecule has 0 spiro atoms. The lowest BCUT2D eigenvalue weighted by atomic mass is 10.2. The van der Waals surface area contributed by atoms with Gasteiger partial charge in [0, 0.05) is 36.2 Å². The zero-order valence-electron chi connectivity index (χ0n) is 15.8. The average molecular weight is 401 g/mol. The molecule has 1 N–H and O–H groups in total. The van der Waals surface area contributed by atoms with Crippen molar-refractivity contribution in [1.29, 1.82) is 0 Å². The van der Waals surface area contributed by atoms with Gasteiger partial charge >= 0.3 is 0 Å². The van der Waals surface area contributed by atoms with E-state index in [2.05, 4.69) is 20.3 Å². The Kier molecular flexibility index (Phi) is 5.58. The van der Waals surface area contributed by atoms with Crippen LogP contribution in [0, 0.1) is 6.92 Å². The van der Waals surface area contributed by atoms with Crippen LogP contribution in [0.15, 0.2) is 66.4 Å². The van der Waals surface area contributed by atoms with Gasteiger partial charge in [0.05, 0.1) is 11.4 Å². The lowest BCUT2D eigenvalue weighted by molar-refractivity contribution is 0.101. The first-order valence-corrected chi connectivity index (χ1v) is 9.98. The van der Waals surface area contributed by atoms with E-state index in [0.29, 0.717) is 17.4 Å². The second kappa shape index (κ2) is 8.62. The van der Waals surface area contributed by atoms with Gasteiger partial charge in [0.25, 0.3) is 5.91 Å². The Bertz CT molecular complexity index is 1150. The Morgan fingerprint density at radius 1 is 1.07 bits per heavy atom. The summed E-state index contributed by atoms with van der Waals surface area (Å²) < 4.78 is 1.91. The van der Waals surface area contributed by atoms with E-state index in [1.165, 1.54) is 11.3 Å². The molecule has 0 bridgehead atoms. The molecule has 0 aromatic carbocycles. The average Bonchev–Trinajstić information content (AvgIpc) is 3.37. The third-order valence-electron chi connectivity index (χ3n) is 4.24. The monoisotopic (exact) mass is 401 g/mol. The van der Waals surface area contributed by atoms with Crippen LogP contribution in [0.3, 0.4) is 0 Å². The fraction of sp³-hybridized carbons (Fsp3) is 0.0909. The van der Waals surface area contributed by atoms with Gasteiger partial charge in [0.2, 0.25) is 0 Å². The summed E-state index contributed by atoms with van der Waals surface area (Å²) in [4.78, 5) is 25.6. The van der Waals surface area contributed by atoms with Gasteiger partial charge in [-0.3, -0.25) is 20.1 Å². The maximum Gasteiger partial charge on any atom is 0.274 e. The van der Waals surface area contributed by atoms with Crippen LogP contribution in [0.2, 0.25) is 0 Å². The van der Waals surface area contributed by atoms with Gasteiger partial charge in [-0.05, 0) is 61.0 Å². The zero-order valence-corrected chi connectivity index (χ0v) is 16.6. The van der Waals surface area contributed by atoms with Crippen molar-refractivity contribution in [2.75, 3.05) is 5.32 Å². The Balaban J connectivity index is 1.43. The minimum Gasteiger partial charge on any atom is -0.339 e. The normalized spacial score (nSPS) is 11.1. The summed E-state index contributed by atoms with van der Waals surface area (Å²) in [5.41, 5.74) is 4.28. The number of amides is 1. The van der Waals surface area contributed by atoms with Crippen LogP contribution < -0.4 is 5.32 Å². The molecule has 0 aliphatic heterocycles.